The number of benzene rings is 2. The lowest BCUT2D eigenvalue weighted by atomic mass is 9.92. The van der Waals surface area contributed by atoms with Crippen molar-refractivity contribution in [2.24, 2.45) is 10.7 Å². The Morgan fingerprint density at radius 3 is 2.73 bits per heavy atom. The maximum atomic E-state index is 13.5. The highest BCUT2D eigenvalue weighted by Crippen LogP contribution is 2.42. The summed E-state index contributed by atoms with van der Waals surface area (Å²) in [6.07, 6.45) is 6.24. The lowest BCUT2D eigenvalue weighted by molar-refractivity contribution is 0.0656. The van der Waals surface area contributed by atoms with E-state index in [0.29, 0.717) is 11.8 Å². The number of methoxy groups -OCH3 is 1. The summed E-state index contributed by atoms with van der Waals surface area (Å²) in [5.74, 6) is 1.03. The van der Waals surface area contributed by atoms with E-state index in [1.54, 1.807) is 25.4 Å². The fraction of sp³-hybridized carbons (Fsp3) is 0.423. The molecule has 3 N–H and O–H groups in total. The van der Waals surface area contributed by atoms with Gasteiger partial charge < -0.3 is 25.4 Å². The van der Waals surface area contributed by atoms with Gasteiger partial charge >= 0.3 is 0 Å². The average Bonchev–Trinajstić information content (AvgIpc) is 2.84. The number of fused-ring (bicyclic) bond motifs is 1. The summed E-state index contributed by atoms with van der Waals surface area (Å²) in [7, 11) is 3.82. The van der Waals surface area contributed by atoms with Crippen LogP contribution in [-0.2, 0) is 11.2 Å². The first-order valence-corrected chi connectivity index (χ1v) is 11.5. The third-order valence-electron chi connectivity index (χ3n) is 6.71. The van der Waals surface area contributed by atoms with E-state index in [4.69, 9.17) is 20.2 Å². The largest absolute Gasteiger partial charge is 0.456 e. The molecule has 2 aliphatic rings. The van der Waals surface area contributed by atoms with Crippen molar-refractivity contribution in [3.05, 3.63) is 59.5 Å². The van der Waals surface area contributed by atoms with Crippen LogP contribution < -0.4 is 20.7 Å². The van der Waals surface area contributed by atoms with Crippen molar-refractivity contribution >= 4 is 17.5 Å². The van der Waals surface area contributed by atoms with Crippen molar-refractivity contribution in [1.82, 2.24) is 5.32 Å². The molecule has 2 aromatic carbocycles. The van der Waals surface area contributed by atoms with Crippen molar-refractivity contribution in [2.75, 3.05) is 32.1 Å². The molecule has 0 aromatic heterocycles. The molecule has 33 heavy (non-hydrogen) atoms. The first-order valence-electron chi connectivity index (χ1n) is 11.5. The van der Waals surface area contributed by atoms with Gasteiger partial charge in [0, 0.05) is 61.5 Å². The smallest absolute Gasteiger partial charge is 0.140 e. The number of ether oxygens (including phenoxy) is 2. The molecule has 1 saturated heterocycles. The first-order chi connectivity index (χ1) is 16.0. The number of anilines is 1. The Morgan fingerprint density at radius 2 is 2.00 bits per heavy atom. The van der Waals surface area contributed by atoms with Crippen molar-refractivity contribution < 1.29 is 13.9 Å². The molecule has 3 atom stereocenters. The molecule has 0 spiro atoms. The standard InChI is InChI=1S/C26H33FN4O2/c1-17-4-9-22-24(31(17)2)11-10-21(26(22)33-20-7-5-19(27)6-8-20)18(14-28)15-30-23-12-13-29-16-25(23)32-3/h5-8,10-11,14-15,17,23,25,29H,4,9,12-13,16,28H2,1-3H3. The van der Waals surface area contributed by atoms with Crippen molar-refractivity contribution in [3.8, 4) is 11.5 Å². The van der Waals surface area contributed by atoms with Crippen LogP contribution in [0.2, 0.25) is 0 Å². The molecular weight excluding hydrogens is 419 g/mol. The summed E-state index contributed by atoms with van der Waals surface area (Å²) < 4.78 is 25.4. The molecule has 176 valence electrons. The van der Waals surface area contributed by atoms with Gasteiger partial charge in [0.15, 0.2) is 0 Å². The monoisotopic (exact) mass is 452 g/mol. The number of nitrogens with zero attached hydrogens (tertiary/aromatic N) is 2. The van der Waals surface area contributed by atoms with E-state index in [0.717, 1.165) is 60.5 Å². The highest BCUT2D eigenvalue weighted by molar-refractivity contribution is 6.11. The van der Waals surface area contributed by atoms with E-state index in [1.807, 2.05) is 12.3 Å². The molecule has 0 radical (unpaired) electrons. The molecule has 2 heterocycles. The zero-order chi connectivity index (χ0) is 23.4. The molecule has 6 nitrogen and oxygen atoms in total. The van der Waals surface area contributed by atoms with Gasteiger partial charge in [-0.05, 0) is 69.1 Å². The number of hydrogen-bond donors (Lipinski definition) is 2. The molecule has 0 aliphatic carbocycles. The van der Waals surface area contributed by atoms with E-state index >= 15 is 0 Å². The lowest BCUT2D eigenvalue weighted by Crippen LogP contribution is -2.44. The molecule has 2 aromatic rings. The first kappa shape index (κ1) is 23.3. The molecule has 2 aliphatic heterocycles. The van der Waals surface area contributed by atoms with Gasteiger partial charge in [-0.1, -0.05) is 0 Å². The Kier molecular flexibility index (Phi) is 7.30. The summed E-state index contributed by atoms with van der Waals surface area (Å²) >= 11 is 0. The van der Waals surface area contributed by atoms with E-state index in [9.17, 15) is 4.39 Å². The summed E-state index contributed by atoms with van der Waals surface area (Å²) in [6, 6.07) is 10.8. The SMILES string of the molecule is COC1CNCCC1N=CC(=CN)c1ccc2c(c1Oc1ccc(F)cc1)CCC(C)N2C. The molecular formula is C26H33FN4O2. The van der Waals surface area contributed by atoms with Gasteiger partial charge in [-0.2, -0.15) is 0 Å². The van der Waals surface area contributed by atoms with Gasteiger partial charge in [-0.25, -0.2) is 4.39 Å². The molecule has 4 rings (SSSR count). The Balaban J connectivity index is 1.72. The van der Waals surface area contributed by atoms with E-state index < -0.39 is 0 Å². The number of aliphatic imine (C=N–C) groups is 1. The van der Waals surface area contributed by atoms with Gasteiger partial charge in [0.1, 0.15) is 17.3 Å². The fourth-order valence-electron chi connectivity index (χ4n) is 4.54. The second kappa shape index (κ2) is 10.4. The molecule has 0 saturated carbocycles. The van der Waals surface area contributed by atoms with Crippen LogP contribution >= 0.6 is 0 Å². The number of hydrogen-bond acceptors (Lipinski definition) is 6. The van der Waals surface area contributed by atoms with Crippen molar-refractivity contribution in [1.29, 1.82) is 0 Å². The number of nitrogens with one attached hydrogen (secondary N) is 1. The van der Waals surface area contributed by atoms with Crippen LogP contribution in [0.5, 0.6) is 11.5 Å². The van der Waals surface area contributed by atoms with Crippen LogP contribution in [-0.4, -0.2) is 51.6 Å². The van der Waals surface area contributed by atoms with Crippen LogP contribution in [0.15, 0.2) is 47.6 Å². The van der Waals surface area contributed by atoms with Gasteiger partial charge in [0.25, 0.3) is 0 Å². The molecule has 0 amide bonds. The Labute approximate surface area is 195 Å². The molecule has 1 fully saturated rings. The predicted molar refractivity (Wildman–Crippen MR) is 132 cm³/mol. The Bertz CT molecular complexity index is 1020. The summed E-state index contributed by atoms with van der Waals surface area (Å²) in [4.78, 5) is 7.10. The Hall–Kier alpha value is -2.90. The summed E-state index contributed by atoms with van der Waals surface area (Å²) in [5, 5.41) is 3.34. The minimum atomic E-state index is -0.296. The zero-order valence-corrected chi connectivity index (χ0v) is 19.6. The minimum Gasteiger partial charge on any atom is -0.456 e. The quantitative estimate of drug-likeness (QED) is 0.645. The highest BCUT2D eigenvalue weighted by atomic mass is 19.1. The number of rotatable bonds is 6. The minimum absolute atomic E-state index is 0.0302. The van der Waals surface area contributed by atoms with Gasteiger partial charge in [-0.15, -0.1) is 0 Å². The second-order valence-electron chi connectivity index (χ2n) is 8.73. The van der Waals surface area contributed by atoms with Gasteiger partial charge in [0.05, 0.1) is 12.1 Å². The van der Waals surface area contributed by atoms with Crippen molar-refractivity contribution in [3.63, 3.8) is 0 Å². The average molecular weight is 453 g/mol. The maximum absolute atomic E-state index is 13.5. The van der Waals surface area contributed by atoms with Crippen LogP contribution in [0.25, 0.3) is 5.57 Å². The second-order valence-corrected chi connectivity index (χ2v) is 8.73. The van der Waals surface area contributed by atoms with Gasteiger partial charge in [0.2, 0.25) is 0 Å². The van der Waals surface area contributed by atoms with Crippen LogP contribution in [0.3, 0.4) is 0 Å². The number of piperidine rings is 1. The molecule has 7 heteroatoms. The zero-order valence-electron chi connectivity index (χ0n) is 19.6. The van der Waals surface area contributed by atoms with E-state index in [2.05, 4.69) is 30.3 Å². The van der Waals surface area contributed by atoms with Crippen LogP contribution in [0, 0.1) is 5.82 Å². The molecule has 3 unspecified atom stereocenters. The number of halogens is 1. The van der Waals surface area contributed by atoms with Crippen LogP contribution in [0.1, 0.15) is 30.9 Å². The normalized spacial score (nSPS) is 23.6. The summed E-state index contributed by atoms with van der Waals surface area (Å²) in [6.45, 7) is 3.91. The topological polar surface area (TPSA) is 72.1 Å². The predicted octanol–water partition coefficient (Wildman–Crippen LogP) is 4.14. The lowest BCUT2D eigenvalue weighted by Gasteiger charge is -2.35. The fourth-order valence-corrected chi connectivity index (χ4v) is 4.54. The van der Waals surface area contributed by atoms with Crippen molar-refractivity contribution in [2.45, 2.75) is 44.4 Å². The third-order valence-corrected chi connectivity index (χ3v) is 6.71. The van der Waals surface area contributed by atoms with E-state index in [1.165, 1.54) is 12.1 Å². The molecule has 0 bridgehead atoms. The van der Waals surface area contributed by atoms with E-state index in [-0.39, 0.29) is 18.0 Å². The summed E-state index contributed by atoms with van der Waals surface area (Å²) in [5.41, 5.74) is 10.0. The van der Waals surface area contributed by atoms with Crippen LogP contribution in [0.4, 0.5) is 10.1 Å². The third kappa shape index (κ3) is 5.04. The van der Waals surface area contributed by atoms with Gasteiger partial charge in [-0.3, -0.25) is 4.99 Å². The Morgan fingerprint density at radius 1 is 1.21 bits per heavy atom. The highest BCUT2D eigenvalue weighted by Gasteiger charge is 2.27. The maximum Gasteiger partial charge on any atom is 0.140 e. The number of nitrogens with two attached hydrogens (primary N) is 1. The number of allylic oxidation sites excluding steroid dienone is 1.